The third-order valence-corrected chi connectivity index (χ3v) is 6.68. The number of pyridine rings is 1. The van der Waals surface area contributed by atoms with Gasteiger partial charge in [-0.2, -0.15) is 0 Å². The Bertz CT molecular complexity index is 562. The Hall–Kier alpha value is -0.720. The number of nitrogens with one attached hydrogen (secondary N) is 4. The number of fused-ring (bicyclic) bond motifs is 4. The van der Waals surface area contributed by atoms with Gasteiger partial charge in [0.15, 0.2) is 0 Å². The second-order valence-electron chi connectivity index (χ2n) is 8.43. The van der Waals surface area contributed by atoms with E-state index in [9.17, 15) is 0 Å². The zero-order valence-electron chi connectivity index (χ0n) is 16.3. The molecule has 2 fully saturated rings. The lowest BCUT2D eigenvalue weighted by atomic mass is 9.89. The normalized spacial score (nSPS) is 33.2. The molecule has 4 N–H and O–H groups in total. The zero-order valence-corrected chi connectivity index (χ0v) is 17.0. The van der Waals surface area contributed by atoms with Crippen molar-refractivity contribution in [1.82, 2.24) is 26.3 Å². The van der Waals surface area contributed by atoms with Gasteiger partial charge in [0.05, 0.1) is 11.4 Å². The Kier molecular flexibility index (Phi) is 7.01. The van der Waals surface area contributed by atoms with Gasteiger partial charge in [0.1, 0.15) is 0 Å². The first-order valence-corrected chi connectivity index (χ1v) is 11.2. The minimum absolute atomic E-state index is 0.522. The van der Waals surface area contributed by atoms with Crippen molar-refractivity contribution in [1.29, 1.82) is 0 Å². The highest BCUT2D eigenvalue weighted by molar-refractivity contribution is 6.30. The number of halogens is 1. The third-order valence-electron chi connectivity index (χ3n) is 6.46. The molecule has 2 heterocycles. The second kappa shape index (κ2) is 9.66. The van der Waals surface area contributed by atoms with Crippen molar-refractivity contribution in [3.63, 3.8) is 0 Å². The molecular weight excluding hydrogens is 358 g/mol. The van der Waals surface area contributed by atoms with Crippen molar-refractivity contribution in [2.75, 3.05) is 13.1 Å². The van der Waals surface area contributed by atoms with Crippen molar-refractivity contribution in [3.8, 4) is 0 Å². The molecule has 0 radical (unpaired) electrons. The SMILES string of the molecule is Clc1cc2nc(c1)CN[C@@H]1CCCC[C@H]1NCCNC1CCCC[C@H]1NC2. The zero-order chi connectivity index (χ0) is 18.5. The summed E-state index contributed by atoms with van der Waals surface area (Å²) in [6.07, 6.45) is 10.3. The van der Waals surface area contributed by atoms with E-state index >= 15 is 0 Å². The van der Waals surface area contributed by atoms with Crippen molar-refractivity contribution in [2.45, 2.75) is 88.6 Å². The van der Waals surface area contributed by atoms with Crippen LogP contribution >= 0.6 is 11.6 Å². The molecule has 1 aromatic rings. The minimum Gasteiger partial charge on any atom is -0.311 e. The molecule has 1 unspecified atom stereocenters. The Morgan fingerprint density at radius 3 is 1.52 bits per heavy atom. The average Bonchev–Trinajstić information content (AvgIpc) is 2.69. The van der Waals surface area contributed by atoms with Gasteiger partial charge in [0, 0.05) is 55.4 Å². The number of hydrogen-bond donors (Lipinski definition) is 4. The van der Waals surface area contributed by atoms with Crippen LogP contribution in [0, 0.1) is 0 Å². The molecule has 150 valence electrons. The molecule has 3 aliphatic rings. The maximum atomic E-state index is 6.39. The molecule has 1 aromatic heterocycles. The van der Waals surface area contributed by atoms with Crippen LogP contribution in [0.2, 0.25) is 5.02 Å². The lowest BCUT2D eigenvalue weighted by Gasteiger charge is -2.34. The van der Waals surface area contributed by atoms with Crippen molar-refractivity contribution in [3.05, 3.63) is 28.5 Å². The topological polar surface area (TPSA) is 61.0 Å². The molecule has 2 saturated carbocycles. The monoisotopic (exact) mass is 391 g/mol. The van der Waals surface area contributed by atoms with Crippen LogP contribution in [0.5, 0.6) is 0 Å². The summed E-state index contributed by atoms with van der Waals surface area (Å²) >= 11 is 6.39. The van der Waals surface area contributed by atoms with E-state index < -0.39 is 0 Å². The maximum Gasteiger partial charge on any atom is 0.0560 e. The lowest BCUT2D eigenvalue weighted by Crippen LogP contribution is -2.53. The van der Waals surface area contributed by atoms with E-state index in [4.69, 9.17) is 16.6 Å². The van der Waals surface area contributed by atoms with Gasteiger partial charge in [-0.05, 0) is 37.8 Å². The minimum atomic E-state index is 0.522. The highest BCUT2D eigenvalue weighted by atomic mass is 35.5. The number of nitrogens with zero attached hydrogens (tertiary/aromatic N) is 1. The number of aromatic nitrogens is 1. The summed E-state index contributed by atoms with van der Waals surface area (Å²) in [5, 5.41) is 15.9. The van der Waals surface area contributed by atoms with Crippen LogP contribution in [0.15, 0.2) is 12.1 Å². The number of rotatable bonds is 0. The first-order chi connectivity index (χ1) is 13.3. The summed E-state index contributed by atoms with van der Waals surface area (Å²) in [5.74, 6) is 0. The molecule has 2 aliphatic carbocycles. The molecule has 0 aromatic carbocycles. The molecule has 2 bridgehead atoms. The maximum absolute atomic E-state index is 6.39. The molecule has 4 rings (SSSR count). The van der Waals surface area contributed by atoms with Crippen LogP contribution in [-0.4, -0.2) is 42.2 Å². The van der Waals surface area contributed by atoms with Crippen molar-refractivity contribution >= 4 is 11.6 Å². The van der Waals surface area contributed by atoms with Crippen LogP contribution in [0.1, 0.15) is 62.8 Å². The fourth-order valence-corrected chi connectivity index (χ4v) is 5.27. The van der Waals surface area contributed by atoms with Crippen molar-refractivity contribution < 1.29 is 0 Å². The van der Waals surface area contributed by atoms with Crippen LogP contribution in [0.3, 0.4) is 0 Å². The summed E-state index contributed by atoms with van der Waals surface area (Å²) < 4.78 is 0. The average molecular weight is 392 g/mol. The van der Waals surface area contributed by atoms with E-state index in [0.717, 1.165) is 42.6 Å². The van der Waals surface area contributed by atoms with Crippen LogP contribution in [-0.2, 0) is 13.1 Å². The molecule has 1 aliphatic heterocycles. The predicted octanol–water partition coefficient (Wildman–Crippen LogP) is 2.73. The molecule has 6 heteroatoms. The molecule has 5 nitrogen and oxygen atoms in total. The second-order valence-corrected chi connectivity index (χ2v) is 8.87. The first-order valence-electron chi connectivity index (χ1n) is 10.9. The van der Waals surface area contributed by atoms with Gasteiger partial charge in [-0.25, -0.2) is 0 Å². The standard InChI is InChI=1S/C21H34ClN5/c22-15-11-16-13-25-20-7-3-1-5-18(20)23-9-10-24-19-6-2-4-8-21(19)26-14-17(12-15)27-16/h11-12,18-21,23-26H,1-10,13-14H2/t18-,19?,20-,21-/m1/s1. The molecule has 0 amide bonds. The molecule has 0 saturated heterocycles. The fourth-order valence-electron chi connectivity index (χ4n) is 5.02. The highest BCUT2D eigenvalue weighted by Crippen LogP contribution is 2.21. The van der Waals surface area contributed by atoms with Gasteiger partial charge >= 0.3 is 0 Å². The Balaban J connectivity index is 1.51. The summed E-state index contributed by atoms with van der Waals surface area (Å²) in [4.78, 5) is 4.87. The third kappa shape index (κ3) is 5.42. The molecule has 4 atom stereocenters. The van der Waals surface area contributed by atoms with Crippen molar-refractivity contribution in [2.24, 2.45) is 0 Å². The smallest absolute Gasteiger partial charge is 0.0560 e. The number of hydrogen-bond acceptors (Lipinski definition) is 5. The van der Waals surface area contributed by atoms with E-state index in [0.29, 0.717) is 24.2 Å². The quantitative estimate of drug-likeness (QED) is 0.547. The van der Waals surface area contributed by atoms with E-state index in [2.05, 4.69) is 21.3 Å². The summed E-state index contributed by atoms with van der Waals surface area (Å²) in [6, 6.07) is 6.18. The fraction of sp³-hybridized carbons (Fsp3) is 0.762. The molecule has 0 spiro atoms. The predicted molar refractivity (Wildman–Crippen MR) is 111 cm³/mol. The Labute approximate surface area is 168 Å². The Morgan fingerprint density at radius 1 is 0.667 bits per heavy atom. The van der Waals surface area contributed by atoms with E-state index in [1.807, 2.05) is 12.1 Å². The van der Waals surface area contributed by atoms with Gasteiger partial charge in [0.25, 0.3) is 0 Å². The van der Waals surface area contributed by atoms with Gasteiger partial charge in [-0.3, -0.25) is 4.98 Å². The van der Waals surface area contributed by atoms with Gasteiger partial charge in [0.2, 0.25) is 0 Å². The van der Waals surface area contributed by atoms with Gasteiger partial charge in [-0.1, -0.05) is 37.3 Å². The van der Waals surface area contributed by atoms with Crippen LogP contribution < -0.4 is 21.3 Å². The Morgan fingerprint density at radius 2 is 1.07 bits per heavy atom. The van der Waals surface area contributed by atoms with Gasteiger partial charge in [-0.15, -0.1) is 0 Å². The highest BCUT2D eigenvalue weighted by Gasteiger charge is 2.26. The van der Waals surface area contributed by atoms with Gasteiger partial charge < -0.3 is 21.3 Å². The molecule has 27 heavy (non-hydrogen) atoms. The first kappa shape index (κ1) is 19.6. The summed E-state index contributed by atoms with van der Waals surface area (Å²) in [5.41, 5.74) is 2.11. The summed E-state index contributed by atoms with van der Waals surface area (Å²) in [6.45, 7) is 3.68. The summed E-state index contributed by atoms with van der Waals surface area (Å²) in [7, 11) is 0. The lowest BCUT2D eigenvalue weighted by molar-refractivity contribution is 0.266. The van der Waals surface area contributed by atoms with Crippen LogP contribution in [0.4, 0.5) is 0 Å². The molecular formula is C21H34ClN5. The largest absolute Gasteiger partial charge is 0.311 e. The van der Waals surface area contributed by atoms with Crippen LogP contribution in [0.25, 0.3) is 0 Å². The van der Waals surface area contributed by atoms with E-state index in [1.54, 1.807) is 0 Å². The van der Waals surface area contributed by atoms with E-state index in [1.165, 1.54) is 51.4 Å². The van der Waals surface area contributed by atoms with E-state index in [-0.39, 0.29) is 0 Å².